The first-order valence-corrected chi connectivity index (χ1v) is 6.76. The topological polar surface area (TPSA) is 33.2 Å². The van der Waals surface area contributed by atoms with E-state index in [0.717, 1.165) is 24.9 Å². The maximum absolute atomic E-state index is 10.6. The zero-order valence-corrected chi connectivity index (χ0v) is 11.1. The Morgan fingerprint density at radius 3 is 2.80 bits per heavy atom. The number of aldehydes is 1. The smallest absolute Gasteiger partial charge is 0.144 e. The van der Waals surface area contributed by atoms with Gasteiger partial charge in [0.1, 0.15) is 6.29 Å². The van der Waals surface area contributed by atoms with E-state index in [-0.39, 0.29) is 6.04 Å². The number of hydrogen-bond acceptors (Lipinski definition) is 3. The molecule has 3 rings (SSSR count). The summed E-state index contributed by atoms with van der Waals surface area (Å²) >= 11 is 0. The minimum atomic E-state index is 0.0809. The summed E-state index contributed by atoms with van der Waals surface area (Å²) in [6.45, 7) is 0.891. The summed E-state index contributed by atoms with van der Waals surface area (Å²) in [6, 6.07) is 14.5. The molecule has 3 heteroatoms. The third kappa shape index (κ3) is 2.35. The molecule has 0 spiro atoms. The Labute approximate surface area is 118 Å². The highest BCUT2D eigenvalue weighted by atomic mass is 16.1. The second-order valence-corrected chi connectivity index (χ2v) is 4.82. The van der Waals surface area contributed by atoms with Gasteiger partial charge in [0.2, 0.25) is 0 Å². The Hall–Kier alpha value is -2.42. The fraction of sp³-hybridized carbons (Fsp3) is 0.176. The molecule has 2 aromatic rings. The van der Waals surface area contributed by atoms with Gasteiger partial charge in [-0.25, -0.2) is 0 Å². The maximum atomic E-state index is 10.6. The molecule has 1 aromatic heterocycles. The normalized spacial score (nSPS) is 18.0. The van der Waals surface area contributed by atoms with Crippen LogP contribution in [-0.4, -0.2) is 22.7 Å². The van der Waals surface area contributed by atoms with E-state index in [1.165, 1.54) is 11.1 Å². The summed E-state index contributed by atoms with van der Waals surface area (Å²) in [7, 11) is 0. The molecule has 0 amide bonds. The molecular weight excluding hydrogens is 248 g/mol. The summed E-state index contributed by atoms with van der Waals surface area (Å²) in [5, 5.41) is 0. The molecule has 1 atom stereocenters. The molecule has 2 heterocycles. The molecule has 3 nitrogen and oxygen atoms in total. The van der Waals surface area contributed by atoms with Crippen molar-refractivity contribution in [2.45, 2.75) is 12.5 Å². The highest BCUT2D eigenvalue weighted by molar-refractivity contribution is 5.64. The van der Waals surface area contributed by atoms with Crippen molar-refractivity contribution in [3.05, 3.63) is 77.8 Å². The van der Waals surface area contributed by atoms with Crippen LogP contribution in [0, 0.1) is 0 Å². The van der Waals surface area contributed by atoms with Gasteiger partial charge in [0, 0.05) is 18.9 Å². The Balaban J connectivity index is 2.07. The van der Waals surface area contributed by atoms with Crippen molar-refractivity contribution >= 4 is 6.29 Å². The van der Waals surface area contributed by atoms with Crippen LogP contribution in [0.25, 0.3) is 0 Å². The first-order valence-electron chi connectivity index (χ1n) is 6.76. The van der Waals surface area contributed by atoms with Crippen molar-refractivity contribution in [1.82, 2.24) is 9.88 Å². The molecule has 100 valence electrons. The summed E-state index contributed by atoms with van der Waals surface area (Å²) in [6.07, 6.45) is 7.03. The largest absolute Gasteiger partial charge is 0.364 e. The fourth-order valence-corrected chi connectivity index (χ4v) is 2.76. The number of fused-ring (bicyclic) bond motifs is 1. The van der Waals surface area contributed by atoms with Crippen molar-refractivity contribution in [2.24, 2.45) is 0 Å². The summed E-state index contributed by atoms with van der Waals surface area (Å²) < 4.78 is 0. The van der Waals surface area contributed by atoms with E-state index in [4.69, 9.17) is 0 Å². The molecule has 0 N–H and O–H groups in total. The second-order valence-electron chi connectivity index (χ2n) is 4.82. The van der Waals surface area contributed by atoms with E-state index in [0.29, 0.717) is 0 Å². The molecular formula is C17H16N2O. The summed E-state index contributed by atoms with van der Waals surface area (Å²) in [5.41, 5.74) is 3.64. The average molecular weight is 264 g/mol. The van der Waals surface area contributed by atoms with Gasteiger partial charge in [0.05, 0.1) is 11.7 Å². The average Bonchev–Trinajstić information content (AvgIpc) is 2.53. The van der Waals surface area contributed by atoms with Crippen molar-refractivity contribution in [3.8, 4) is 0 Å². The lowest BCUT2D eigenvalue weighted by molar-refractivity contribution is -0.104. The van der Waals surface area contributed by atoms with Gasteiger partial charge in [-0.05, 0) is 35.8 Å². The van der Waals surface area contributed by atoms with Gasteiger partial charge >= 0.3 is 0 Å². The third-order valence-corrected chi connectivity index (χ3v) is 3.64. The predicted molar refractivity (Wildman–Crippen MR) is 78.1 cm³/mol. The standard InChI is InChI=1S/C17H16N2O/c20-13-5-11-19-12-9-14-6-1-2-7-15(14)17(19)16-8-3-4-10-18-16/h1-8,10-11,13,17H,9,12H2. The molecule has 0 fully saturated rings. The second kappa shape index (κ2) is 5.70. The highest BCUT2D eigenvalue weighted by Crippen LogP contribution is 2.34. The first kappa shape index (κ1) is 12.6. The van der Waals surface area contributed by atoms with Gasteiger partial charge in [-0.3, -0.25) is 9.78 Å². The monoisotopic (exact) mass is 264 g/mol. The molecule has 1 aliphatic heterocycles. The Morgan fingerprint density at radius 1 is 1.15 bits per heavy atom. The number of benzene rings is 1. The van der Waals surface area contributed by atoms with Crippen LogP contribution in [0.1, 0.15) is 22.9 Å². The SMILES string of the molecule is O=CC=CN1CCc2ccccc2C1c1ccccn1. The number of hydrogen-bond donors (Lipinski definition) is 0. The van der Waals surface area contributed by atoms with Crippen LogP contribution < -0.4 is 0 Å². The minimum absolute atomic E-state index is 0.0809. The first-order chi connectivity index (χ1) is 9.90. The molecule has 1 unspecified atom stereocenters. The molecule has 0 saturated carbocycles. The van der Waals surface area contributed by atoms with E-state index in [1.807, 2.05) is 30.6 Å². The molecule has 1 aromatic carbocycles. The van der Waals surface area contributed by atoms with Gasteiger partial charge in [-0.2, -0.15) is 0 Å². The lowest BCUT2D eigenvalue weighted by atomic mass is 9.90. The molecule has 1 aliphatic rings. The van der Waals surface area contributed by atoms with Crippen LogP contribution in [0.4, 0.5) is 0 Å². The molecule has 0 aliphatic carbocycles. The van der Waals surface area contributed by atoms with E-state index in [2.05, 4.69) is 34.1 Å². The third-order valence-electron chi connectivity index (χ3n) is 3.64. The number of carbonyl (C=O) groups excluding carboxylic acids is 1. The lowest BCUT2D eigenvalue weighted by Gasteiger charge is -2.36. The van der Waals surface area contributed by atoms with Crippen LogP contribution in [-0.2, 0) is 11.2 Å². The number of pyridine rings is 1. The van der Waals surface area contributed by atoms with E-state index < -0.39 is 0 Å². The van der Waals surface area contributed by atoms with Crippen LogP contribution in [0.3, 0.4) is 0 Å². The summed E-state index contributed by atoms with van der Waals surface area (Å²) in [5.74, 6) is 0. The maximum Gasteiger partial charge on any atom is 0.144 e. The fourth-order valence-electron chi connectivity index (χ4n) is 2.76. The number of aromatic nitrogens is 1. The van der Waals surface area contributed by atoms with Gasteiger partial charge < -0.3 is 4.90 Å². The highest BCUT2D eigenvalue weighted by Gasteiger charge is 2.27. The quantitative estimate of drug-likeness (QED) is 0.631. The van der Waals surface area contributed by atoms with E-state index in [1.54, 1.807) is 6.08 Å². The van der Waals surface area contributed by atoms with Gasteiger partial charge in [-0.15, -0.1) is 0 Å². The zero-order valence-electron chi connectivity index (χ0n) is 11.1. The number of rotatable bonds is 3. The van der Waals surface area contributed by atoms with E-state index >= 15 is 0 Å². The molecule has 20 heavy (non-hydrogen) atoms. The number of carbonyl (C=O) groups is 1. The van der Waals surface area contributed by atoms with Crippen LogP contribution in [0.5, 0.6) is 0 Å². The Kier molecular flexibility index (Phi) is 3.59. The summed E-state index contributed by atoms with van der Waals surface area (Å²) in [4.78, 5) is 17.3. The predicted octanol–water partition coefficient (Wildman–Crippen LogP) is 2.74. The van der Waals surface area contributed by atoms with Crippen LogP contribution in [0.15, 0.2) is 60.9 Å². The van der Waals surface area contributed by atoms with Crippen molar-refractivity contribution in [3.63, 3.8) is 0 Å². The molecule has 0 radical (unpaired) electrons. The van der Waals surface area contributed by atoms with Crippen molar-refractivity contribution in [2.75, 3.05) is 6.54 Å². The van der Waals surface area contributed by atoms with Gasteiger partial charge in [0.15, 0.2) is 0 Å². The van der Waals surface area contributed by atoms with Gasteiger partial charge in [-0.1, -0.05) is 30.3 Å². The number of allylic oxidation sites excluding steroid dienone is 1. The van der Waals surface area contributed by atoms with Gasteiger partial charge in [0.25, 0.3) is 0 Å². The molecule has 0 saturated heterocycles. The van der Waals surface area contributed by atoms with E-state index in [9.17, 15) is 4.79 Å². The van der Waals surface area contributed by atoms with Crippen LogP contribution >= 0.6 is 0 Å². The van der Waals surface area contributed by atoms with Crippen molar-refractivity contribution < 1.29 is 4.79 Å². The van der Waals surface area contributed by atoms with Crippen LogP contribution in [0.2, 0.25) is 0 Å². The lowest BCUT2D eigenvalue weighted by Crippen LogP contribution is -2.32. The minimum Gasteiger partial charge on any atom is -0.364 e. The Bertz CT molecular complexity index is 622. The Morgan fingerprint density at radius 2 is 2.00 bits per heavy atom. The van der Waals surface area contributed by atoms with Crippen molar-refractivity contribution in [1.29, 1.82) is 0 Å². The zero-order chi connectivity index (χ0) is 13.8. The number of nitrogens with zero attached hydrogens (tertiary/aromatic N) is 2. The molecule has 0 bridgehead atoms.